The molecular weight excluding hydrogens is 222 g/mol. The Morgan fingerprint density at radius 3 is 2.00 bits per heavy atom. The molecule has 0 aromatic carbocycles. The van der Waals surface area contributed by atoms with E-state index in [1.807, 2.05) is 7.11 Å². The first-order chi connectivity index (χ1) is 8.10. The third-order valence-corrected chi connectivity index (χ3v) is 5.61. The molecule has 0 amide bonds. The third-order valence-electron chi connectivity index (χ3n) is 5.61. The van der Waals surface area contributed by atoms with Crippen molar-refractivity contribution in [1.82, 2.24) is 5.32 Å². The molecule has 0 bridgehead atoms. The van der Waals surface area contributed by atoms with Gasteiger partial charge in [-0.2, -0.15) is 0 Å². The number of hydrogen-bond donors (Lipinski definition) is 1. The van der Waals surface area contributed by atoms with Crippen molar-refractivity contribution in [2.75, 3.05) is 13.7 Å². The molecule has 0 aliphatic heterocycles. The molecule has 0 saturated heterocycles. The summed E-state index contributed by atoms with van der Waals surface area (Å²) in [5.74, 6) is 0.776. The normalized spacial score (nSPS) is 24.0. The standard InChI is InChI=1S/C16H33NO/c1-9-17-12(10-11-14(2,3)18-8)13-15(4,5)16(13,6)7/h12-13,17H,9-11H2,1-8H3. The molecule has 108 valence electrons. The van der Waals surface area contributed by atoms with Crippen LogP contribution < -0.4 is 5.32 Å². The van der Waals surface area contributed by atoms with Crippen LogP contribution in [0.3, 0.4) is 0 Å². The third kappa shape index (κ3) is 2.91. The summed E-state index contributed by atoms with van der Waals surface area (Å²) in [4.78, 5) is 0. The van der Waals surface area contributed by atoms with Crippen molar-refractivity contribution < 1.29 is 4.74 Å². The SMILES string of the molecule is CCNC(CCC(C)(C)OC)C1C(C)(C)C1(C)C. The van der Waals surface area contributed by atoms with Gasteiger partial charge in [0.2, 0.25) is 0 Å². The smallest absolute Gasteiger partial charge is 0.0623 e. The van der Waals surface area contributed by atoms with Gasteiger partial charge in [-0.25, -0.2) is 0 Å². The van der Waals surface area contributed by atoms with E-state index < -0.39 is 0 Å². The Hall–Kier alpha value is -0.0800. The quantitative estimate of drug-likeness (QED) is 0.746. The molecule has 1 aliphatic carbocycles. The summed E-state index contributed by atoms with van der Waals surface area (Å²) in [5, 5.41) is 3.70. The maximum absolute atomic E-state index is 5.54. The Morgan fingerprint density at radius 2 is 1.67 bits per heavy atom. The summed E-state index contributed by atoms with van der Waals surface area (Å²) in [6.45, 7) is 17.2. The Labute approximate surface area is 114 Å². The van der Waals surface area contributed by atoms with Crippen molar-refractivity contribution in [3.05, 3.63) is 0 Å². The fourth-order valence-electron chi connectivity index (χ4n) is 3.51. The van der Waals surface area contributed by atoms with Crippen LogP contribution in [0.4, 0.5) is 0 Å². The average Bonchev–Trinajstić information content (AvgIpc) is 2.65. The summed E-state index contributed by atoms with van der Waals surface area (Å²) in [5.41, 5.74) is 0.908. The summed E-state index contributed by atoms with van der Waals surface area (Å²) in [7, 11) is 1.81. The molecule has 0 heterocycles. The number of methoxy groups -OCH3 is 1. The molecule has 0 spiro atoms. The number of nitrogens with one attached hydrogen (secondary N) is 1. The molecule has 1 atom stereocenters. The highest BCUT2D eigenvalue weighted by atomic mass is 16.5. The van der Waals surface area contributed by atoms with Gasteiger partial charge in [-0.1, -0.05) is 34.6 Å². The van der Waals surface area contributed by atoms with E-state index in [0.29, 0.717) is 16.9 Å². The molecule has 2 heteroatoms. The van der Waals surface area contributed by atoms with Crippen LogP contribution in [0.5, 0.6) is 0 Å². The first-order valence-electron chi connectivity index (χ1n) is 7.38. The van der Waals surface area contributed by atoms with Crippen LogP contribution in [0.1, 0.15) is 61.3 Å². The second-order valence-electron chi connectivity index (χ2n) is 7.59. The molecule has 1 aliphatic rings. The zero-order valence-electron chi connectivity index (χ0n) is 13.7. The lowest BCUT2D eigenvalue weighted by Gasteiger charge is -2.27. The molecule has 18 heavy (non-hydrogen) atoms. The molecule has 1 saturated carbocycles. The predicted molar refractivity (Wildman–Crippen MR) is 78.8 cm³/mol. The average molecular weight is 255 g/mol. The van der Waals surface area contributed by atoms with Gasteiger partial charge in [-0.05, 0) is 50.0 Å². The van der Waals surface area contributed by atoms with Crippen molar-refractivity contribution in [2.45, 2.75) is 73.0 Å². The van der Waals surface area contributed by atoms with Gasteiger partial charge in [0.1, 0.15) is 0 Å². The lowest BCUT2D eigenvalue weighted by molar-refractivity contribution is 0.0107. The fourth-order valence-corrected chi connectivity index (χ4v) is 3.51. The summed E-state index contributed by atoms with van der Waals surface area (Å²) < 4.78 is 5.54. The van der Waals surface area contributed by atoms with E-state index in [0.717, 1.165) is 18.9 Å². The number of hydrogen-bond acceptors (Lipinski definition) is 2. The van der Waals surface area contributed by atoms with Crippen LogP contribution in [0.15, 0.2) is 0 Å². The van der Waals surface area contributed by atoms with Crippen LogP contribution in [0.25, 0.3) is 0 Å². The lowest BCUT2D eigenvalue weighted by atomic mass is 9.93. The van der Waals surface area contributed by atoms with Gasteiger partial charge in [0.15, 0.2) is 0 Å². The zero-order valence-corrected chi connectivity index (χ0v) is 13.7. The highest BCUT2D eigenvalue weighted by Gasteiger charge is 2.66. The second-order valence-corrected chi connectivity index (χ2v) is 7.59. The highest BCUT2D eigenvalue weighted by Crippen LogP contribution is 2.70. The van der Waals surface area contributed by atoms with Gasteiger partial charge in [0.25, 0.3) is 0 Å². The number of ether oxygens (including phenoxy) is 1. The Kier molecular flexibility index (Phi) is 4.55. The molecule has 1 rings (SSSR count). The summed E-state index contributed by atoms with van der Waals surface area (Å²) in [6, 6.07) is 0.620. The van der Waals surface area contributed by atoms with E-state index in [4.69, 9.17) is 4.74 Å². The van der Waals surface area contributed by atoms with Gasteiger partial charge in [-0.3, -0.25) is 0 Å². The van der Waals surface area contributed by atoms with Crippen LogP contribution in [0, 0.1) is 16.7 Å². The Balaban J connectivity index is 2.63. The van der Waals surface area contributed by atoms with Gasteiger partial charge in [0, 0.05) is 13.2 Å². The van der Waals surface area contributed by atoms with E-state index in [1.54, 1.807) is 0 Å². The van der Waals surface area contributed by atoms with Crippen LogP contribution in [0.2, 0.25) is 0 Å². The summed E-state index contributed by atoms with van der Waals surface area (Å²) >= 11 is 0. The van der Waals surface area contributed by atoms with E-state index in [-0.39, 0.29) is 5.60 Å². The van der Waals surface area contributed by atoms with E-state index in [9.17, 15) is 0 Å². The van der Waals surface area contributed by atoms with E-state index in [2.05, 4.69) is 53.8 Å². The summed E-state index contributed by atoms with van der Waals surface area (Å²) in [6.07, 6.45) is 2.32. The van der Waals surface area contributed by atoms with E-state index >= 15 is 0 Å². The predicted octanol–water partition coefficient (Wildman–Crippen LogP) is 3.85. The van der Waals surface area contributed by atoms with Gasteiger partial charge in [0.05, 0.1) is 5.60 Å². The van der Waals surface area contributed by atoms with Crippen molar-refractivity contribution >= 4 is 0 Å². The minimum atomic E-state index is -0.00313. The van der Waals surface area contributed by atoms with E-state index in [1.165, 1.54) is 6.42 Å². The zero-order chi connectivity index (χ0) is 14.2. The largest absolute Gasteiger partial charge is 0.379 e. The van der Waals surface area contributed by atoms with Crippen molar-refractivity contribution in [2.24, 2.45) is 16.7 Å². The van der Waals surface area contributed by atoms with Crippen LogP contribution in [-0.2, 0) is 4.74 Å². The number of rotatable bonds is 7. The molecule has 0 aromatic rings. The molecular formula is C16H33NO. The Morgan fingerprint density at radius 1 is 1.17 bits per heavy atom. The van der Waals surface area contributed by atoms with Gasteiger partial charge < -0.3 is 10.1 Å². The van der Waals surface area contributed by atoms with Crippen LogP contribution in [-0.4, -0.2) is 25.3 Å². The highest BCUT2D eigenvalue weighted by molar-refractivity contribution is 5.16. The van der Waals surface area contributed by atoms with Crippen molar-refractivity contribution in [3.63, 3.8) is 0 Å². The van der Waals surface area contributed by atoms with Gasteiger partial charge >= 0.3 is 0 Å². The molecule has 1 fully saturated rings. The lowest BCUT2D eigenvalue weighted by Crippen LogP contribution is -2.36. The minimum Gasteiger partial charge on any atom is -0.379 e. The molecule has 2 nitrogen and oxygen atoms in total. The second kappa shape index (κ2) is 5.13. The topological polar surface area (TPSA) is 21.3 Å². The first kappa shape index (κ1) is 16.0. The fraction of sp³-hybridized carbons (Fsp3) is 1.00. The molecule has 1 unspecified atom stereocenters. The minimum absolute atomic E-state index is 0.00313. The first-order valence-corrected chi connectivity index (χ1v) is 7.38. The van der Waals surface area contributed by atoms with Gasteiger partial charge in [-0.15, -0.1) is 0 Å². The van der Waals surface area contributed by atoms with Crippen molar-refractivity contribution in [3.8, 4) is 0 Å². The Bertz CT molecular complexity index is 267. The molecule has 1 N–H and O–H groups in total. The maximum atomic E-state index is 5.54. The molecule has 0 aromatic heterocycles. The monoisotopic (exact) mass is 255 g/mol. The maximum Gasteiger partial charge on any atom is 0.0623 e. The van der Waals surface area contributed by atoms with Crippen molar-refractivity contribution in [1.29, 1.82) is 0 Å². The molecule has 0 radical (unpaired) electrons. The van der Waals surface area contributed by atoms with Crippen LogP contribution >= 0.6 is 0 Å².